The fraction of sp³-hybridized carbons (Fsp3) is 0.333. The number of aliphatic imine (C=N–C) groups is 1. The number of nitrogens with one attached hydrogen (secondary N) is 1. The maximum atomic E-state index is 3.98. The van der Waals surface area contributed by atoms with Gasteiger partial charge >= 0.3 is 0 Å². The molecule has 0 aliphatic heterocycles. The molecule has 0 fully saturated rings. The van der Waals surface area contributed by atoms with E-state index in [2.05, 4.69) is 15.3 Å². The molecule has 0 aliphatic carbocycles. The summed E-state index contributed by atoms with van der Waals surface area (Å²) < 4.78 is 1.81. The van der Waals surface area contributed by atoms with Crippen LogP contribution < -0.4 is 5.32 Å². The number of hydrogen-bond donors (Lipinski definition) is 1. The van der Waals surface area contributed by atoms with Crippen molar-refractivity contribution in [2.24, 2.45) is 4.99 Å². The monoisotopic (exact) mass is 138 g/mol. The van der Waals surface area contributed by atoms with Gasteiger partial charge in [-0.3, -0.25) is 9.56 Å². The molecule has 0 amide bonds. The average molecular weight is 138 g/mol. The highest BCUT2D eigenvalue weighted by Gasteiger charge is 1.93. The molecule has 0 bridgehead atoms. The van der Waals surface area contributed by atoms with Gasteiger partial charge in [-0.2, -0.15) is 0 Å². The van der Waals surface area contributed by atoms with Gasteiger partial charge in [0, 0.05) is 26.5 Å². The zero-order chi connectivity index (χ0) is 7.40. The van der Waals surface area contributed by atoms with Crippen LogP contribution in [0, 0.1) is 0 Å². The van der Waals surface area contributed by atoms with Crippen LogP contribution in [-0.4, -0.2) is 29.6 Å². The zero-order valence-electron chi connectivity index (χ0n) is 6.07. The number of aromatic nitrogens is 2. The van der Waals surface area contributed by atoms with E-state index in [1.54, 1.807) is 24.1 Å². The molecular formula is C6H10N4. The van der Waals surface area contributed by atoms with Crippen LogP contribution in [0.2, 0.25) is 0 Å². The second-order valence-corrected chi connectivity index (χ2v) is 1.77. The van der Waals surface area contributed by atoms with Crippen LogP contribution >= 0.6 is 0 Å². The Kier molecular flexibility index (Phi) is 2.04. The SMILES string of the molecule is C/N=C(/NC)n1ccnc1. The third kappa shape index (κ3) is 1.15. The molecular weight excluding hydrogens is 128 g/mol. The van der Waals surface area contributed by atoms with E-state index in [-0.39, 0.29) is 0 Å². The molecule has 10 heavy (non-hydrogen) atoms. The summed E-state index contributed by atoms with van der Waals surface area (Å²) in [7, 11) is 3.55. The lowest BCUT2D eigenvalue weighted by atomic mass is 10.8. The summed E-state index contributed by atoms with van der Waals surface area (Å²) in [6.07, 6.45) is 5.24. The average Bonchev–Trinajstić information content (AvgIpc) is 2.43. The lowest BCUT2D eigenvalue weighted by Gasteiger charge is -2.02. The number of rotatable bonds is 0. The second-order valence-electron chi connectivity index (χ2n) is 1.77. The summed E-state index contributed by atoms with van der Waals surface area (Å²) in [6.45, 7) is 0. The molecule has 1 heterocycles. The van der Waals surface area contributed by atoms with E-state index < -0.39 is 0 Å². The van der Waals surface area contributed by atoms with Gasteiger partial charge in [0.25, 0.3) is 0 Å². The van der Waals surface area contributed by atoms with Crippen molar-refractivity contribution in [1.29, 1.82) is 0 Å². The first-order valence-corrected chi connectivity index (χ1v) is 3.01. The minimum absolute atomic E-state index is 0.789. The molecule has 0 saturated carbocycles. The second kappa shape index (κ2) is 3.00. The van der Waals surface area contributed by atoms with Gasteiger partial charge in [0.2, 0.25) is 5.96 Å². The number of imidazole rings is 1. The predicted octanol–water partition coefficient (Wildman–Crippen LogP) is -0.0636. The van der Waals surface area contributed by atoms with E-state index in [9.17, 15) is 0 Å². The maximum Gasteiger partial charge on any atom is 0.202 e. The van der Waals surface area contributed by atoms with E-state index >= 15 is 0 Å². The summed E-state index contributed by atoms with van der Waals surface area (Å²) >= 11 is 0. The smallest absolute Gasteiger partial charge is 0.202 e. The first-order valence-electron chi connectivity index (χ1n) is 3.01. The van der Waals surface area contributed by atoms with Gasteiger partial charge in [0.1, 0.15) is 6.33 Å². The summed E-state index contributed by atoms with van der Waals surface area (Å²) in [5.41, 5.74) is 0. The Balaban J connectivity index is 2.85. The van der Waals surface area contributed by atoms with Crippen molar-refractivity contribution in [3.63, 3.8) is 0 Å². The Hall–Kier alpha value is -1.32. The lowest BCUT2D eigenvalue weighted by molar-refractivity contribution is 0.994. The van der Waals surface area contributed by atoms with Gasteiger partial charge in [-0.1, -0.05) is 0 Å². The molecule has 1 aromatic heterocycles. The van der Waals surface area contributed by atoms with Gasteiger partial charge in [-0.05, 0) is 0 Å². The van der Waals surface area contributed by atoms with Gasteiger partial charge < -0.3 is 5.32 Å². The van der Waals surface area contributed by atoms with Crippen molar-refractivity contribution in [2.45, 2.75) is 0 Å². The van der Waals surface area contributed by atoms with Crippen LogP contribution in [0.5, 0.6) is 0 Å². The molecule has 1 rings (SSSR count). The molecule has 0 aromatic carbocycles. The molecule has 4 nitrogen and oxygen atoms in total. The summed E-state index contributed by atoms with van der Waals surface area (Å²) in [4.78, 5) is 7.86. The lowest BCUT2D eigenvalue weighted by Crippen LogP contribution is -2.25. The third-order valence-corrected chi connectivity index (χ3v) is 1.18. The minimum Gasteiger partial charge on any atom is -0.359 e. The Morgan fingerprint density at radius 3 is 2.90 bits per heavy atom. The zero-order valence-corrected chi connectivity index (χ0v) is 6.07. The normalized spacial score (nSPS) is 11.6. The number of nitrogens with zero attached hydrogens (tertiary/aromatic N) is 3. The Morgan fingerprint density at radius 1 is 1.70 bits per heavy atom. The van der Waals surface area contributed by atoms with Crippen molar-refractivity contribution in [3.8, 4) is 0 Å². The third-order valence-electron chi connectivity index (χ3n) is 1.18. The molecule has 0 atom stereocenters. The van der Waals surface area contributed by atoms with E-state index in [4.69, 9.17) is 0 Å². The quantitative estimate of drug-likeness (QED) is 0.403. The van der Waals surface area contributed by atoms with Crippen molar-refractivity contribution < 1.29 is 0 Å². The minimum atomic E-state index is 0.789. The van der Waals surface area contributed by atoms with E-state index in [1.807, 2.05) is 13.2 Å². The highest BCUT2D eigenvalue weighted by molar-refractivity contribution is 5.81. The molecule has 0 radical (unpaired) electrons. The van der Waals surface area contributed by atoms with E-state index in [0.29, 0.717) is 0 Å². The van der Waals surface area contributed by atoms with Crippen molar-refractivity contribution in [3.05, 3.63) is 18.7 Å². The largest absolute Gasteiger partial charge is 0.359 e. The summed E-state index contributed by atoms with van der Waals surface area (Å²) in [6, 6.07) is 0. The van der Waals surface area contributed by atoms with E-state index in [1.165, 1.54) is 0 Å². The van der Waals surface area contributed by atoms with Crippen LogP contribution in [0.25, 0.3) is 0 Å². The van der Waals surface area contributed by atoms with Crippen LogP contribution in [0.3, 0.4) is 0 Å². The summed E-state index contributed by atoms with van der Waals surface area (Å²) in [5, 5.41) is 2.93. The van der Waals surface area contributed by atoms with Gasteiger partial charge in [0.05, 0.1) is 0 Å². The Labute approximate surface area is 59.6 Å². The van der Waals surface area contributed by atoms with Crippen molar-refractivity contribution in [1.82, 2.24) is 14.9 Å². The standard InChI is InChI=1S/C6H10N4/c1-7-6(8-2)10-4-3-9-5-10/h3-5H,1-2H3,(H,7,8). The molecule has 0 aliphatic rings. The fourth-order valence-electron chi connectivity index (χ4n) is 0.741. The Bertz CT molecular complexity index is 212. The van der Waals surface area contributed by atoms with Crippen LogP contribution in [0.4, 0.5) is 0 Å². The fourth-order valence-corrected chi connectivity index (χ4v) is 0.741. The van der Waals surface area contributed by atoms with Crippen LogP contribution in [0.15, 0.2) is 23.7 Å². The highest BCUT2D eigenvalue weighted by Crippen LogP contribution is 1.83. The van der Waals surface area contributed by atoms with Crippen LogP contribution in [0.1, 0.15) is 0 Å². The van der Waals surface area contributed by atoms with Gasteiger partial charge in [0.15, 0.2) is 0 Å². The number of hydrogen-bond acceptors (Lipinski definition) is 2. The molecule has 0 saturated heterocycles. The molecule has 1 N–H and O–H groups in total. The first kappa shape index (κ1) is 6.80. The van der Waals surface area contributed by atoms with Gasteiger partial charge in [-0.25, -0.2) is 4.98 Å². The molecule has 0 unspecified atom stereocenters. The van der Waals surface area contributed by atoms with E-state index in [0.717, 1.165) is 5.96 Å². The predicted molar refractivity (Wildman–Crippen MR) is 40.0 cm³/mol. The maximum absolute atomic E-state index is 3.98. The molecule has 54 valence electrons. The molecule has 1 aromatic rings. The van der Waals surface area contributed by atoms with Crippen LogP contribution in [-0.2, 0) is 0 Å². The summed E-state index contributed by atoms with van der Waals surface area (Å²) in [5.74, 6) is 0.789. The highest BCUT2D eigenvalue weighted by atomic mass is 15.2. The molecule has 4 heteroatoms. The van der Waals surface area contributed by atoms with Crippen molar-refractivity contribution >= 4 is 5.96 Å². The molecule has 0 spiro atoms. The topological polar surface area (TPSA) is 42.2 Å². The Morgan fingerprint density at radius 2 is 2.50 bits per heavy atom. The van der Waals surface area contributed by atoms with Gasteiger partial charge in [-0.15, -0.1) is 0 Å². The first-order chi connectivity index (χ1) is 4.88. The van der Waals surface area contributed by atoms with Crippen molar-refractivity contribution in [2.75, 3.05) is 14.1 Å².